The number of nitrogens with two attached hydrogens (primary N) is 1. The highest BCUT2D eigenvalue weighted by molar-refractivity contribution is 5.72. The van der Waals surface area contributed by atoms with Gasteiger partial charge in [0, 0.05) is 26.2 Å². The third-order valence-corrected chi connectivity index (χ3v) is 5.22. The van der Waals surface area contributed by atoms with Crippen molar-refractivity contribution in [1.29, 1.82) is 0 Å². The first-order valence-electron chi connectivity index (χ1n) is 9.90. The number of ether oxygens (including phenoxy) is 1. The number of aromatic nitrogens is 2. The summed E-state index contributed by atoms with van der Waals surface area (Å²) in [4.78, 5) is 24.9. The lowest BCUT2D eigenvalue weighted by atomic mass is 9.83. The van der Waals surface area contributed by atoms with Crippen LogP contribution in [0.25, 0.3) is 6.08 Å². The van der Waals surface area contributed by atoms with Crippen LogP contribution in [0.15, 0.2) is 12.4 Å². The van der Waals surface area contributed by atoms with Gasteiger partial charge in [-0.2, -0.15) is 0 Å². The molecule has 28 heavy (non-hydrogen) atoms. The predicted molar refractivity (Wildman–Crippen MR) is 114 cm³/mol. The zero-order chi connectivity index (χ0) is 21.1. The van der Waals surface area contributed by atoms with Crippen molar-refractivity contribution in [1.82, 2.24) is 14.9 Å². The van der Waals surface area contributed by atoms with E-state index in [4.69, 9.17) is 10.5 Å². The number of rotatable bonds is 5. The van der Waals surface area contributed by atoms with Crippen molar-refractivity contribution in [3.8, 4) is 0 Å². The van der Waals surface area contributed by atoms with E-state index in [-0.39, 0.29) is 17.6 Å². The summed E-state index contributed by atoms with van der Waals surface area (Å²) < 4.78 is 5.53. The van der Waals surface area contributed by atoms with Crippen LogP contribution in [0.4, 0.5) is 16.4 Å². The van der Waals surface area contributed by atoms with Crippen LogP contribution in [0.5, 0.6) is 0 Å². The Balaban J connectivity index is 2.08. The highest BCUT2D eigenvalue weighted by Crippen LogP contribution is 2.37. The molecular formula is C21H35N5O2. The van der Waals surface area contributed by atoms with Gasteiger partial charge < -0.3 is 20.3 Å². The van der Waals surface area contributed by atoms with E-state index >= 15 is 0 Å². The molecule has 0 radical (unpaired) electrons. The van der Waals surface area contributed by atoms with Gasteiger partial charge in [0.1, 0.15) is 23.6 Å². The normalized spacial score (nSPS) is 21.2. The summed E-state index contributed by atoms with van der Waals surface area (Å²) in [5.74, 6) is 1.30. The molecule has 0 aromatic carbocycles. The van der Waals surface area contributed by atoms with Crippen molar-refractivity contribution in [2.45, 2.75) is 66.0 Å². The molecular weight excluding hydrogens is 354 g/mol. The maximum atomic E-state index is 12.4. The number of carbonyl (C=O) groups is 1. The van der Waals surface area contributed by atoms with E-state index in [1.54, 1.807) is 0 Å². The Hall–Kier alpha value is -2.31. The van der Waals surface area contributed by atoms with Gasteiger partial charge in [-0.25, -0.2) is 14.8 Å². The molecule has 1 saturated heterocycles. The van der Waals surface area contributed by atoms with E-state index < -0.39 is 5.60 Å². The molecule has 156 valence electrons. The summed E-state index contributed by atoms with van der Waals surface area (Å²) in [5.41, 5.74) is 6.45. The number of allylic oxidation sites excluding steroid dienone is 1. The van der Waals surface area contributed by atoms with E-state index in [1.165, 1.54) is 6.33 Å². The Kier molecular flexibility index (Phi) is 6.57. The van der Waals surface area contributed by atoms with Crippen molar-refractivity contribution in [3.05, 3.63) is 18.0 Å². The van der Waals surface area contributed by atoms with Gasteiger partial charge in [0.15, 0.2) is 0 Å². The number of hydrogen-bond acceptors (Lipinski definition) is 6. The summed E-state index contributed by atoms with van der Waals surface area (Å²) in [5, 5.41) is 0. The first-order valence-corrected chi connectivity index (χ1v) is 9.90. The molecule has 0 unspecified atom stereocenters. The molecule has 2 heterocycles. The van der Waals surface area contributed by atoms with E-state index in [0.29, 0.717) is 12.4 Å². The van der Waals surface area contributed by atoms with Crippen molar-refractivity contribution in [2.24, 2.45) is 5.41 Å². The molecule has 1 amide bonds. The fraction of sp³-hybridized carbons (Fsp3) is 0.667. The topological polar surface area (TPSA) is 84.6 Å². The SMILES string of the molecule is C/C=C\c1c(N)ncnc1N(C)[C@H](C)C[C@]1(C)CCN(C(=O)OC(C)(C)C)C1. The van der Waals surface area contributed by atoms with Gasteiger partial charge in [0.25, 0.3) is 0 Å². The number of likely N-dealkylation sites (tertiary alicyclic amines) is 1. The maximum absolute atomic E-state index is 12.4. The van der Waals surface area contributed by atoms with E-state index in [1.807, 2.05) is 51.8 Å². The second-order valence-corrected chi connectivity index (χ2v) is 9.12. The van der Waals surface area contributed by atoms with Crippen LogP contribution in [-0.4, -0.2) is 52.7 Å². The van der Waals surface area contributed by atoms with Gasteiger partial charge in [0.2, 0.25) is 0 Å². The van der Waals surface area contributed by atoms with Gasteiger partial charge in [-0.15, -0.1) is 0 Å². The Morgan fingerprint density at radius 2 is 2.14 bits per heavy atom. The molecule has 7 heteroatoms. The molecule has 1 fully saturated rings. The number of amides is 1. The van der Waals surface area contributed by atoms with Crippen molar-refractivity contribution < 1.29 is 9.53 Å². The third-order valence-electron chi connectivity index (χ3n) is 5.22. The van der Waals surface area contributed by atoms with Crippen LogP contribution in [0.1, 0.15) is 59.9 Å². The van der Waals surface area contributed by atoms with Crippen molar-refractivity contribution in [2.75, 3.05) is 30.8 Å². The standard InChI is InChI=1S/C21H35N5O2/c1-8-9-16-17(22)23-14-24-18(16)25(7)15(2)12-21(6)10-11-26(13-21)19(27)28-20(3,4)5/h8-9,14-15H,10-13H2,1-7H3,(H2,22,23,24)/b9-8-/t15-,21+/m1/s1. The second kappa shape index (κ2) is 8.37. The number of nitrogens with zero attached hydrogens (tertiary/aromatic N) is 4. The summed E-state index contributed by atoms with van der Waals surface area (Å²) in [6.45, 7) is 13.5. The quantitative estimate of drug-likeness (QED) is 0.821. The largest absolute Gasteiger partial charge is 0.444 e. The number of anilines is 2. The fourth-order valence-corrected chi connectivity index (χ4v) is 3.74. The third kappa shape index (κ3) is 5.36. The van der Waals surface area contributed by atoms with E-state index in [0.717, 1.165) is 30.8 Å². The molecule has 1 aromatic rings. The summed E-state index contributed by atoms with van der Waals surface area (Å²) >= 11 is 0. The minimum Gasteiger partial charge on any atom is -0.444 e. The minimum atomic E-state index is -0.472. The van der Waals surface area contributed by atoms with Gasteiger partial charge in [-0.1, -0.05) is 19.1 Å². The Labute approximate surface area is 169 Å². The Morgan fingerprint density at radius 3 is 2.75 bits per heavy atom. The number of nitrogen functional groups attached to an aromatic ring is 1. The zero-order valence-electron chi connectivity index (χ0n) is 18.3. The highest BCUT2D eigenvalue weighted by atomic mass is 16.6. The summed E-state index contributed by atoms with van der Waals surface area (Å²) in [7, 11) is 2.03. The van der Waals surface area contributed by atoms with E-state index in [9.17, 15) is 4.79 Å². The molecule has 7 nitrogen and oxygen atoms in total. The fourth-order valence-electron chi connectivity index (χ4n) is 3.74. The van der Waals surface area contributed by atoms with Crippen LogP contribution in [-0.2, 0) is 4.74 Å². The second-order valence-electron chi connectivity index (χ2n) is 9.12. The van der Waals surface area contributed by atoms with Gasteiger partial charge in [-0.3, -0.25) is 0 Å². The summed E-state index contributed by atoms with van der Waals surface area (Å²) in [6, 6.07) is 0.224. The van der Waals surface area contributed by atoms with E-state index in [2.05, 4.69) is 28.7 Å². The number of carbonyl (C=O) groups excluding carboxylic acids is 1. The average molecular weight is 390 g/mol. The Bertz CT molecular complexity index is 728. The molecule has 1 aromatic heterocycles. The van der Waals surface area contributed by atoms with Gasteiger partial charge >= 0.3 is 6.09 Å². The minimum absolute atomic E-state index is 0.0317. The molecule has 0 saturated carbocycles. The lowest BCUT2D eigenvalue weighted by Crippen LogP contribution is -2.39. The van der Waals surface area contributed by atoms with Crippen LogP contribution < -0.4 is 10.6 Å². The van der Waals surface area contributed by atoms with Gasteiger partial charge in [0.05, 0.1) is 5.56 Å². The summed E-state index contributed by atoms with van der Waals surface area (Å²) in [6.07, 6.45) is 7.04. The smallest absolute Gasteiger partial charge is 0.410 e. The maximum Gasteiger partial charge on any atom is 0.410 e. The monoisotopic (exact) mass is 389 g/mol. The average Bonchev–Trinajstić information content (AvgIpc) is 2.96. The van der Waals surface area contributed by atoms with Crippen LogP contribution in [0.2, 0.25) is 0 Å². The molecule has 1 aliphatic rings. The molecule has 2 N–H and O–H groups in total. The molecule has 2 atom stereocenters. The highest BCUT2D eigenvalue weighted by Gasteiger charge is 2.39. The van der Waals surface area contributed by atoms with Crippen molar-refractivity contribution in [3.63, 3.8) is 0 Å². The molecule has 0 bridgehead atoms. The van der Waals surface area contributed by atoms with Gasteiger partial charge in [-0.05, 0) is 52.9 Å². The first-order chi connectivity index (χ1) is 13.0. The number of hydrogen-bond donors (Lipinski definition) is 1. The predicted octanol–water partition coefficient (Wildman–Crippen LogP) is 3.95. The van der Waals surface area contributed by atoms with Crippen LogP contribution in [0.3, 0.4) is 0 Å². The molecule has 1 aliphatic heterocycles. The van der Waals surface area contributed by atoms with Crippen LogP contribution >= 0.6 is 0 Å². The molecule has 0 aliphatic carbocycles. The molecule has 0 spiro atoms. The van der Waals surface area contributed by atoms with Crippen molar-refractivity contribution >= 4 is 23.8 Å². The lowest BCUT2D eigenvalue weighted by Gasteiger charge is -2.34. The molecule has 2 rings (SSSR count). The lowest BCUT2D eigenvalue weighted by molar-refractivity contribution is 0.0273. The van der Waals surface area contributed by atoms with Crippen LogP contribution in [0, 0.1) is 5.41 Å². The first kappa shape index (κ1) is 22.0. The Morgan fingerprint density at radius 1 is 1.46 bits per heavy atom. The zero-order valence-corrected chi connectivity index (χ0v) is 18.3.